The summed E-state index contributed by atoms with van der Waals surface area (Å²) in [4.78, 5) is 10.8. The van der Waals surface area contributed by atoms with Crippen molar-refractivity contribution in [3.8, 4) is 0 Å². The maximum atomic E-state index is 10.8. The van der Waals surface area contributed by atoms with Crippen molar-refractivity contribution in [2.24, 2.45) is 13.0 Å². The minimum absolute atomic E-state index is 0.365. The summed E-state index contributed by atoms with van der Waals surface area (Å²) in [5.41, 5.74) is 1.46. The van der Waals surface area contributed by atoms with E-state index < -0.39 is 5.97 Å². The number of aromatic nitrogens is 1. The van der Waals surface area contributed by atoms with Crippen molar-refractivity contribution in [1.82, 2.24) is 4.57 Å². The van der Waals surface area contributed by atoms with E-state index in [1.807, 2.05) is 6.07 Å². The quantitative estimate of drug-likeness (QED) is 0.801. The van der Waals surface area contributed by atoms with Gasteiger partial charge in [0.1, 0.15) is 5.69 Å². The molecule has 1 rings (SSSR count). The molecule has 0 saturated carbocycles. The van der Waals surface area contributed by atoms with Crippen LogP contribution in [0.2, 0.25) is 0 Å². The predicted octanol–water partition coefficient (Wildman–Crippen LogP) is 2.31. The topological polar surface area (TPSA) is 42.2 Å². The Bertz CT molecular complexity index is 326. The zero-order chi connectivity index (χ0) is 10.7. The van der Waals surface area contributed by atoms with E-state index >= 15 is 0 Å². The van der Waals surface area contributed by atoms with Crippen LogP contribution in [-0.2, 0) is 13.5 Å². The van der Waals surface area contributed by atoms with E-state index in [1.165, 1.54) is 0 Å². The monoisotopic (exact) mass is 195 g/mol. The molecule has 0 spiro atoms. The molecular weight excluding hydrogens is 178 g/mol. The van der Waals surface area contributed by atoms with E-state index in [0.29, 0.717) is 11.6 Å². The van der Waals surface area contributed by atoms with Crippen molar-refractivity contribution in [2.45, 2.75) is 26.7 Å². The van der Waals surface area contributed by atoms with Gasteiger partial charge in [-0.25, -0.2) is 4.79 Å². The van der Waals surface area contributed by atoms with E-state index in [4.69, 9.17) is 5.11 Å². The maximum absolute atomic E-state index is 10.8. The lowest BCUT2D eigenvalue weighted by molar-refractivity contribution is 0.0686. The Hall–Kier alpha value is -1.25. The standard InChI is InChI=1S/C11H17NO2/c1-8(2)4-5-9-6-7-10(11(13)14)12(9)3/h6-8H,4-5H2,1-3H3,(H,13,14). The highest BCUT2D eigenvalue weighted by Gasteiger charge is 2.10. The van der Waals surface area contributed by atoms with E-state index in [2.05, 4.69) is 13.8 Å². The molecule has 0 aliphatic heterocycles. The van der Waals surface area contributed by atoms with Crippen molar-refractivity contribution in [2.75, 3.05) is 0 Å². The molecule has 1 aromatic rings. The molecule has 14 heavy (non-hydrogen) atoms. The first-order chi connectivity index (χ1) is 6.52. The number of aromatic carboxylic acids is 1. The van der Waals surface area contributed by atoms with Crippen molar-refractivity contribution in [3.05, 3.63) is 23.5 Å². The summed E-state index contributed by atoms with van der Waals surface area (Å²) < 4.78 is 1.75. The Kier molecular flexibility index (Phi) is 3.33. The Balaban J connectivity index is 2.74. The van der Waals surface area contributed by atoms with Crippen LogP contribution in [0.3, 0.4) is 0 Å². The number of carbonyl (C=O) groups is 1. The number of hydrogen-bond acceptors (Lipinski definition) is 1. The predicted molar refractivity (Wildman–Crippen MR) is 55.5 cm³/mol. The van der Waals surface area contributed by atoms with Gasteiger partial charge in [0.15, 0.2) is 0 Å². The fourth-order valence-corrected chi connectivity index (χ4v) is 1.46. The molecule has 0 saturated heterocycles. The summed E-state index contributed by atoms with van der Waals surface area (Å²) in [5, 5.41) is 8.84. The highest BCUT2D eigenvalue weighted by Crippen LogP contribution is 2.12. The first-order valence-corrected chi connectivity index (χ1v) is 4.90. The third kappa shape index (κ3) is 2.37. The molecule has 0 aliphatic carbocycles. The second-order valence-electron chi connectivity index (χ2n) is 4.01. The van der Waals surface area contributed by atoms with Crippen LogP contribution >= 0.6 is 0 Å². The summed E-state index contributed by atoms with van der Waals surface area (Å²) in [6.07, 6.45) is 2.04. The van der Waals surface area contributed by atoms with Gasteiger partial charge >= 0.3 is 5.97 Å². The number of rotatable bonds is 4. The molecule has 0 radical (unpaired) electrons. The first-order valence-electron chi connectivity index (χ1n) is 4.90. The van der Waals surface area contributed by atoms with Gasteiger partial charge in [-0.2, -0.15) is 0 Å². The molecule has 0 bridgehead atoms. The highest BCUT2D eigenvalue weighted by molar-refractivity contribution is 5.86. The van der Waals surface area contributed by atoms with Crippen LogP contribution in [0.5, 0.6) is 0 Å². The number of aryl methyl sites for hydroxylation is 1. The van der Waals surface area contributed by atoms with Crippen molar-refractivity contribution in [3.63, 3.8) is 0 Å². The van der Waals surface area contributed by atoms with Crippen molar-refractivity contribution in [1.29, 1.82) is 0 Å². The zero-order valence-corrected chi connectivity index (χ0v) is 8.95. The van der Waals surface area contributed by atoms with Gasteiger partial charge in [0.25, 0.3) is 0 Å². The van der Waals surface area contributed by atoms with Crippen LogP contribution in [0.1, 0.15) is 36.5 Å². The number of nitrogens with zero attached hydrogens (tertiary/aromatic N) is 1. The minimum Gasteiger partial charge on any atom is -0.477 e. The van der Waals surface area contributed by atoms with Gasteiger partial charge < -0.3 is 9.67 Å². The van der Waals surface area contributed by atoms with Gasteiger partial charge in [-0.15, -0.1) is 0 Å². The van der Waals surface area contributed by atoms with Crippen LogP contribution in [0.25, 0.3) is 0 Å². The fraction of sp³-hybridized carbons (Fsp3) is 0.545. The van der Waals surface area contributed by atoms with Crippen LogP contribution in [-0.4, -0.2) is 15.6 Å². The molecule has 3 nitrogen and oxygen atoms in total. The lowest BCUT2D eigenvalue weighted by Crippen LogP contribution is -2.07. The third-order valence-corrected chi connectivity index (χ3v) is 2.42. The molecule has 3 heteroatoms. The maximum Gasteiger partial charge on any atom is 0.352 e. The summed E-state index contributed by atoms with van der Waals surface area (Å²) in [7, 11) is 1.80. The summed E-state index contributed by atoms with van der Waals surface area (Å²) in [5.74, 6) is -0.207. The Morgan fingerprint density at radius 1 is 1.50 bits per heavy atom. The average molecular weight is 195 g/mol. The van der Waals surface area contributed by atoms with Gasteiger partial charge in [0.2, 0.25) is 0 Å². The third-order valence-electron chi connectivity index (χ3n) is 2.42. The van der Waals surface area contributed by atoms with Gasteiger partial charge in [0.05, 0.1) is 0 Å². The van der Waals surface area contributed by atoms with E-state index in [9.17, 15) is 4.79 Å². The molecule has 0 aliphatic rings. The molecule has 0 unspecified atom stereocenters. The molecule has 1 aromatic heterocycles. The lowest BCUT2D eigenvalue weighted by atomic mass is 10.1. The van der Waals surface area contributed by atoms with E-state index in [1.54, 1.807) is 17.7 Å². The van der Waals surface area contributed by atoms with E-state index in [0.717, 1.165) is 18.5 Å². The van der Waals surface area contributed by atoms with Gasteiger partial charge in [0, 0.05) is 12.7 Å². The van der Waals surface area contributed by atoms with Crippen molar-refractivity contribution >= 4 is 5.97 Å². The van der Waals surface area contributed by atoms with Crippen LogP contribution in [0.15, 0.2) is 12.1 Å². The molecule has 1 heterocycles. The SMILES string of the molecule is CC(C)CCc1ccc(C(=O)O)n1C. The summed E-state index contributed by atoms with van der Waals surface area (Å²) in [6, 6.07) is 3.56. The van der Waals surface area contributed by atoms with E-state index in [-0.39, 0.29) is 0 Å². The van der Waals surface area contributed by atoms with Crippen LogP contribution in [0.4, 0.5) is 0 Å². The lowest BCUT2D eigenvalue weighted by Gasteiger charge is -2.06. The molecule has 78 valence electrons. The Labute approximate surface area is 84.4 Å². The summed E-state index contributed by atoms with van der Waals surface area (Å²) >= 11 is 0. The highest BCUT2D eigenvalue weighted by atomic mass is 16.4. The van der Waals surface area contributed by atoms with Gasteiger partial charge in [-0.05, 0) is 30.9 Å². The molecule has 0 atom stereocenters. The zero-order valence-electron chi connectivity index (χ0n) is 8.95. The Morgan fingerprint density at radius 3 is 2.57 bits per heavy atom. The molecule has 0 fully saturated rings. The van der Waals surface area contributed by atoms with Gasteiger partial charge in [-0.3, -0.25) is 0 Å². The number of carboxylic acid groups (broad SMARTS) is 1. The van der Waals surface area contributed by atoms with Gasteiger partial charge in [-0.1, -0.05) is 13.8 Å². The van der Waals surface area contributed by atoms with Crippen LogP contribution in [0, 0.1) is 5.92 Å². The normalized spacial score (nSPS) is 10.9. The second kappa shape index (κ2) is 4.31. The smallest absolute Gasteiger partial charge is 0.352 e. The average Bonchev–Trinajstić information content (AvgIpc) is 2.43. The van der Waals surface area contributed by atoms with Crippen LogP contribution < -0.4 is 0 Å². The van der Waals surface area contributed by atoms with Crippen molar-refractivity contribution < 1.29 is 9.90 Å². The second-order valence-corrected chi connectivity index (χ2v) is 4.01. The Morgan fingerprint density at radius 2 is 2.14 bits per heavy atom. The molecule has 1 N–H and O–H groups in total. The largest absolute Gasteiger partial charge is 0.477 e. The molecule has 0 aromatic carbocycles. The number of carboxylic acids is 1. The molecule has 0 amide bonds. The minimum atomic E-state index is -0.858. The fourth-order valence-electron chi connectivity index (χ4n) is 1.46. The molecular formula is C11H17NO2. The summed E-state index contributed by atoms with van der Waals surface area (Å²) in [6.45, 7) is 4.34. The first kappa shape index (κ1) is 10.8. The number of hydrogen-bond donors (Lipinski definition) is 1.